The Bertz CT molecular complexity index is 628. The molecule has 0 radical (unpaired) electrons. The van der Waals surface area contributed by atoms with Crippen molar-refractivity contribution in [2.75, 3.05) is 19.0 Å². The van der Waals surface area contributed by atoms with Crippen LogP contribution in [0.25, 0.3) is 0 Å². The number of nitrogens with one attached hydrogen (secondary N) is 1. The third kappa shape index (κ3) is 5.32. The smallest absolute Gasteiger partial charge is 0.227 e. The maximum atomic E-state index is 12.8. The molecule has 3 N–H and O–H groups in total. The van der Waals surface area contributed by atoms with E-state index in [1.54, 1.807) is 12.1 Å². The van der Waals surface area contributed by atoms with Crippen LogP contribution in [0.2, 0.25) is 0 Å². The fourth-order valence-corrected chi connectivity index (χ4v) is 1.82. The number of hydrogen-bond acceptors (Lipinski definition) is 5. The van der Waals surface area contributed by atoms with Crippen LogP contribution in [0.4, 0.5) is 10.1 Å². The Labute approximate surface area is 133 Å². The first-order valence-corrected chi connectivity index (χ1v) is 7.03. The largest absolute Gasteiger partial charge is 0.439 e. The van der Waals surface area contributed by atoms with Crippen molar-refractivity contribution >= 4 is 11.6 Å². The molecule has 0 aliphatic carbocycles. The Morgan fingerprint density at radius 1 is 1.30 bits per heavy atom. The Morgan fingerprint density at radius 3 is 2.61 bits per heavy atom. The van der Waals surface area contributed by atoms with Gasteiger partial charge >= 0.3 is 0 Å². The standard InChI is InChI=1S/C16H18FN3O3/c1-22-14(9-18)8-15(21)20-12-4-7-16(19-10-12)23-13-5-2-11(17)3-6-13/h2-7,10,14H,8-9,18H2,1H3,(H,20,21). The van der Waals surface area contributed by atoms with Crippen molar-refractivity contribution in [1.29, 1.82) is 0 Å². The van der Waals surface area contributed by atoms with Crippen molar-refractivity contribution in [3.8, 4) is 11.6 Å². The molecule has 0 aliphatic rings. The molecule has 0 spiro atoms. The number of benzene rings is 1. The lowest BCUT2D eigenvalue weighted by Crippen LogP contribution is -2.28. The lowest BCUT2D eigenvalue weighted by molar-refractivity contribution is -0.118. The zero-order valence-electron chi connectivity index (χ0n) is 12.7. The molecule has 7 heteroatoms. The highest BCUT2D eigenvalue weighted by atomic mass is 19.1. The molecule has 0 bridgehead atoms. The van der Waals surface area contributed by atoms with Gasteiger partial charge in [0.2, 0.25) is 11.8 Å². The van der Waals surface area contributed by atoms with Crippen LogP contribution in [0.1, 0.15) is 6.42 Å². The van der Waals surface area contributed by atoms with Crippen LogP contribution in [0.15, 0.2) is 42.6 Å². The van der Waals surface area contributed by atoms with E-state index in [-0.39, 0.29) is 30.8 Å². The molecule has 6 nitrogen and oxygen atoms in total. The van der Waals surface area contributed by atoms with E-state index >= 15 is 0 Å². The predicted octanol–water partition coefficient (Wildman–Crippen LogP) is 2.32. The second-order valence-electron chi connectivity index (χ2n) is 4.79. The average molecular weight is 319 g/mol. The Hall–Kier alpha value is -2.51. The second-order valence-corrected chi connectivity index (χ2v) is 4.79. The molecule has 0 saturated carbocycles. The molecule has 1 aromatic carbocycles. The van der Waals surface area contributed by atoms with E-state index in [1.165, 1.54) is 37.6 Å². The maximum absolute atomic E-state index is 12.8. The van der Waals surface area contributed by atoms with Crippen molar-refractivity contribution < 1.29 is 18.7 Å². The Kier molecular flexibility index (Phi) is 6.02. The van der Waals surface area contributed by atoms with Gasteiger partial charge in [-0.2, -0.15) is 0 Å². The fraction of sp³-hybridized carbons (Fsp3) is 0.250. The molecule has 2 aromatic rings. The molecule has 1 aromatic heterocycles. The minimum Gasteiger partial charge on any atom is -0.439 e. The van der Waals surface area contributed by atoms with Crippen molar-refractivity contribution in [2.45, 2.75) is 12.5 Å². The van der Waals surface area contributed by atoms with Crippen molar-refractivity contribution in [3.63, 3.8) is 0 Å². The van der Waals surface area contributed by atoms with E-state index in [2.05, 4.69) is 10.3 Å². The lowest BCUT2D eigenvalue weighted by Gasteiger charge is -2.12. The Morgan fingerprint density at radius 2 is 2.04 bits per heavy atom. The number of hydrogen-bond donors (Lipinski definition) is 2. The van der Waals surface area contributed by atoms with Crippen LogP contribution in [-0.4, -0.2) is 30.6 Å². The maximum Gasteiger partial charge on any atom is 0.227 e. The molecular formula is C16H18FN3O3. The number of carbonyl (C=O) groups excluding carboxylic acids is 1. The molecular weight excluding hydrogens is 301 g/mol. The molecule has 122 valence electrons. The van der Waals surface area contributed by atoms with Crippen LogP contribution in [0.3, 0.4) is 0 Å². The van der Waals surface area contributed by atoms with Gasteiger partial charge in [-0.05, 0) is 30.3 Å². The van der Waals surface area contributed by atoms with E-state index in [0.29, 0.717) is 17.3 Å². The van der Waals surface area contributed by atoms with Gasteiger partial charge in [0.25, 0.3) is 0 Å². The second kappa shape index (κ2) is 8.21. The number of nitrogens with two attached hydrogens (primary N) is 1. The lowest BCUT2D eigenvalue weighted by atomic mass is 10.2. The number of aromatic nitrogens is 1. The summed E-state index contributed by atoms with van der Waals surface area (Å²) in [5, 5.41) is 2.70. The number of halogens is 1. The highest BCUT2D eigenvalue weighted by Crippen LogP contribution is 2.20. The summed E-state index contributed by atoms with van der Waals surface area (Å²) in [5.41, 5.74) is 6.01. The van der Waals surface area contributed by atoms with Crippen molar-refractivity contribution in [3.05, 3.63) is 48.4 Å². The first-order chi connectivity index (χ1) is 11.1. The first-order valence-electron chi connectivity index (χ1n) is 7.03. The minimum atomic E-state index is -0.338. The minimum absolute atomic E-state index is 0.167. The molecule has 1 unspecified atom stereocenters. The molecule has 23 heavy (non-hydrogen) atoms. The van der Waals surface area contributed by atoms with Gasteiger partial charge in [0, 0.05) is 19.7 Å². The van der Waals surface area contributed by atoms with E-state index in [1.807, 2.05) is 0 Å². The summed E-state index contributed by atoms with van der Waals surface area (Å²) < 4.78 is 23.3. The quantitative estimate of drug-likeness (QED) is 0.818. The van der Waals surface area contributed by atoms with Gasteiger partial charge < -0.3 is 20.5 Å². The zero-order chi connectivity index (χ0) is 16.7. The molecule has 1 atom stereocenters. The Balaban J connectivity index is 1.91. The van der Waals surface area contributed by atoms with Crippen molar-refractivity contribution in [2.24, 2.45) is 5.73 Å². The van der Waals surface area contributed by atoms with Crippen LogP contribution in [-0.2, 0) is 9.53 Å². The SMILES string of the molecule is COC(CN)CC(=O)Nc1ccc(Oc2ccc(F)cc2)nc1. The third-order valence-electron chi connectivity index (χ3n) is 3.07. The average Bonchev–Trinajstić information content (AvgIpc) is 2.56. The van der Waals surface area contributed by atoms with E-state index in [4.69, 9.17) is 15.2 Å². The van der Waals surface area contributed by atoms with Gasteiger partial charge in [-0.15, -0.1) is 0 Å². The summed E-state index contributed by atoms with van der Waals surface area (Å²) in [7, 11) is 1.51. The summed E-state index contributed by atoms with van der Waals surface area (Å²) in [5.74, 6) is 0.263. The fourth-order valence-electron chi connectivity index (χ4n) is 1.82. The molecule has 0 saturated heterocycles. The van der Waals surface area contributed by atoms with E-state index in [0.717, 1.165) is 0 Å². The van der Waals surface area contributed by atoms with Crippen LogP contribution < -0.4 is 15.8 Å². The predicted molar refractivity (Wildman–Crippen MR) is 83.8 cm³/mol. The summed E-state index contributed by atoms with van der Waals surface area (Å²) in [6.07, 6.45) is 1.33. The number of carbonyl (C=O) groups is 1. The van der Waals surface area contributed by atoms with Crippen molar-refractivity contribution in [1.82, 2.24) is 4.98 Å². The molecule has 2 rings (SSSR count). The number of anilines is 1. The normalized spacial score (nSPS) is 11.8. The number of amides is 1. The molecule has 1 heterocycles. The third-order valence-corrected chi connectivity index (χ3v) is 3.07. The number of nitrogens with zero attached hydrogens (tertiary/aromatic N) is 1. The number of rotatable bonds is 7. The van der Waals surface area contributed by atoms with Gasteiger partial charge in [-0.25, -0.2) is 9.37 Å². The first kappa shape index (κ1) is 16.9. The summed E-state index contributed by atoms with van der Waals surface area (Å²) in [4.78, 5) is 15.9. The molecule has 0 aliphatic heterocycles. The van der Waals surface area contributed by atoms with Gasteiger partial charge in [-0.1, -0.05) is 0 Å². The zero-order valence-corrected chi connectivity index (χ0v) is 12.7. The summed E-state index contributed by atoms with van der Waals surface area (Å²) in [6, 6.07) is 8.87. The van der Waals surface area contributed by atoms with Gasteiger partial charge in [0.1, 0.15) is 11.6 Å². The van der Waals surface area contributed by atoms with Crippen LogP contribution >= 0.6 is 0 Å². The monoisotopic (exact) mass is 319 g/mol. The highest BCUT2D eigenvalue weighted by molar-refractivity contribution is 5.90. The van der Waals surface area contributed by atoms with Crippen LogP contribution in [0, 0.1) is 5.82 Å². The summed E-state index contributed by atoms with van der Waals surface area (Å²) in [6.45, 7) is 0.270. The summed E-state index contributed by atoms with van der Waals surface area (Å²) >= 11 is 0. The van der Waals surface area contributed by atoms with Gasteiger partial charge in [0.15, 0.2) is 0 Å². The molecule has 0 fully saturated rings. The van der Waals surface area contributed by atoms with E-state index < -0.39 is 0 Å². The van der Waals surface area contributed by atoms with Gasteiger partial charge in [0.05, 0.1) is 24.4 Å². The van der Waals surface area contributed by atoms with Gasteiger partial charge in [-0.3, -0.25) is 4.79 Å². The number of ether oxygens (including phenoxy) is 2. The number of methoxy groups -OCH3 is 1. The highest BCUT2D eigenvalue weighted by Gasteiger charge is 2.11. The molecule has 1 amide bonds. The van der Waals surface area contributed by atoms with E-state index in [9.17, 15) is 9.18 Å². The topological polar surface area (TPSA) is 86.5 Å². The van der Waals surface area contributed by atoms with Crippen LogP contribution in [0.5, 0.6) is 11.6 Å². The number of pyridine rings is 1.